The summed E-state index contributed by atoms with van der Waals surface area (Å²) in [6.07, 6.45) is -11.2. The number of amides is 20. The second-order valence-electron chi connectivity index (χ2n) is 35.6. The highest BCUT2D eigenvalue weighted by molar-refractivity contribution is 6.03. The highest BCUT2D eigenvalue weighted by Gasteiger charge is 2.43. The summed E-state index contributed by atoms with van der Waals surface area (Å²) in [6, 6.07) is -13.1. The van der Waals surface area contributed by atoms with Gasteiger partial charge in [0.25, 0.3) is 0 Å². The normalized spacial score (nSPS) is 15.0. The van der Waals surface area contributed by atoms with Crippen molar-refractivity contribution in [2.75, 3.05) is 6.54 Å². The highest BCUT2D eigenvalue weighted by atomic mass is 16.4. The number of carboxylic acids is 5. The molecule has 0 radical (unpaired) electrons. The van der Waals surface area contributed by atoms with Crippen molar-refractivity contribution in [2.24, 2.45) is 64.2 Å². The van der Waals surface area contributed by atoms with Gasteiger partial charge in [-0.3, -0.25) is 115 Å². The Morgan fingerprint density at radius 3 is 0.801 bits per heavy atom. The summed E-state index contributed by atoms with van der Waals surface area (Å²) < 4.78 is 0. The molecule has 2 rings (SSSR count). The van der Waals surface area contributed by atoms with E-state index in [0.717, 1.165) is 0 Å². The maximum absolute atomic E-state index is 14.8. The van der Waals surface area contributed by atoms with E-state index in [9.17, 15) is 145 Å². The third-order valence-electron chi connectivity index (χ3n) is 22.1. The minimum Gasteiger partial charge on any atom is -0.481 e. The number of primary amides is 4. The summed E-state index contributed by atoms with van der Waals surface area (Å²) in [5.74, 6) is -36.0. The van der Waals surface area contributed by atoms with Gasteiger partial charge in [-0.1, -0.05) is 157 Å². The molecule has 20 amide bonds. The van der Waals surface area contributed by atoms with Crippen LogP contribution in [0.3, 0.4) is 0 Å². The molecule has 0 heterocycles. The number of nitrogens with two attached hydrogens (primary N) is 5. The van der Waals surface area contributed by atoms with Gasteiger partial charge in [-0.2, -0.15) is 0 Å². The Morgan fingerprint density at radius 2 is 0.504 bits per heavy atom. The number of nitrogens with one attached hydrogen (secondary N) is 16. The number of hydrogen-bond donors (Lipinski definition) is 26. The van der Waals surface area contributed by atoms with E-state index in [4.69, 9.17) is 28.7 Å². The number of benzene rings is 2. The number of rotatable bonds is 67. The van der Waals surface area contributed by atoms with Crippen molar-refractivity contribution in [3.8, 4) is 0 Å². The number of carboxylic acid groups (broad SMARTS) is 5. The number of carbonyl (C=O) groups is 25. The fraction of sp³-hybridized carbons (Fsp3) is 0.589. The molecule has 51 nitrogen and oxygen atoms in total. The van der Waals surface area contributed by atoms with Gasteiger partial charge in [0.2, 0.25) is 118 Å². The van der Waals surface area contributed by atoms with E-state index >= 15 is 0 Å². The van der Waals surface area contributed by atoms with Crippen LogP contribution < -0.4 is 114 Å². The molecule has 782 valence electrons. The summed E-state index contributed by atoms with van der Waals surface area (Å²) in [5, 5.41) is 87.3. The van der Waals surface area contributed by atoms with Crippen molar-refractivity contribution < 1.29 is 145 Å². The summed E-state index contributed by atoms with van der Waals surface area (Å²) in [7, 11) is 0. The lowest BCUT2D eigenvalue weighted by molar-refractivity contribution is -0.144. The lowest BCUT2D eigenvalue weighted by atomic mass is 9.95. The first-order valence-corrected chi connectivity index (χ1v) is 45.8. The van der Waals surface area contributed by atoms with E-state index in [1.807, 2.05) is 0 Å². The van der Waals surface area contributed by atoms with Gasteiger partial charge in [0.15, 0.2) is 0 Å². The second kappa shape index (κ2) is 61.5. The topological polar surface area (TPSA) is 850 Å². The molecule has 0 aromatic heterocycles. The molecular formula is C90H137N21O30. The standard InChI is InChI=1S/C90H137N21O30/c1-13-46(11)73(111-86(136)61(40-70(123)124)107-76(126)51(26-30-63(93)113)99-87(137)71(44(7)8)108-89(139)74(47(12)14-2)110-78(128)53(28-32-68(119)120)98-82(132)58(37-64(94)114)105-80(130)56(96-66(116)41-91)35-48-21-17-15-18-22-48)88(138)100-52(27-31-67(117)118)77(127)106-60(39-69(121)122)84(134)103-57(36-49-23-19-16-20-24-49)81(131)101-54(33-42(3)4)79(129)97-50(25-29-62(92)112)75(125)104-59(38-65(95)115)83(133)102-55(34-43(5)6)85(135)109-72(45(9)10)90(140)141/h15-24,42-47,50-61,71-74H,13-14,25-41,91H2,1-12H3,(H2,92,112)(H2,93,113)(H2,94,114)(H2,95,115)(H,96,116)(H,97,129)(H,98,132)(H,99,137)(H,100,138)(H,101,131)(H,102,133)(H,103,134)(H,104,125)(H,105,130)(H,106,127)(H,107,126)(H,108,139)(H,109,135)(H,110,128)(H,111,136)(H,117,118)(H,119,120)(H,121,122)(H,123,124)(H,140,141)/t46-,47-,50-,51-,52-,53-,54-,55-,56-,57-,58-,59-,60-,61-,71-,72-,73-,74-/m0/s1. The number of carbonyl (C=O) groups excluding carboxylic acids is 20. The summed E-state index contributed by atoms with van der Waals surface area (Å²) in [6.45, 7) is 17.8. The molecule has 0 saturated heterocycles. The molecule has 141 heavy (non-hydrogen) atoms. The van der Waals surface area contributed by atoms with Crippen LogP contribution in [-0.4, -0.2) is 277 Å². The van der Waals surface area contributed by atoms with E-state index in [0.29, 0.717) is 11.1 Å². The zero-order valence-electron chi connectivity index (χ0n) is 80.7. The molecule has 0 unspecified atom stereocenters. The lowest BCUT2D eigenvalue weighted by Crippen LogP contribution is -2.62. The van der Waals surface area contributed by atoms with Crippen LogP contribution in [0.1, 0.15) is 197 Å². The maximum atomic E-state index is 14.8. The SMILES string of the molecule is CC[C@H](C)[C@H](NC(=O)[C@H](CC(=O)O)NC(=O)[C@H](CCC(N)=O)NC(=O)[C@@H](NC(=O)[C@@H](NC(=O)[C@H](CCC(=O)O)NC(=O)[C@H](CC(N)=O)NC(=O)[C@H](Cc1ccccc1)NC(=O)CN)[C@@H](C)CC)C(C)C)C(=O)N[C@@H](CCC(=O)O)C(=O)N[C@@H](CC(=O)O)C(=O)N[C@@H](Cc1ccccc1)C(=O)N[C@@H](CC(C)C)C(=O)N[C@@H](CCC(N)=O)C(=O)N[C@@H](CC(N)=O)C(=O)N[C@@H](CC(C)C)C(=O)N[C@H](C(=O)O)C(C)C. The molecule has 31 N–H and O–H groups in total. The predicted octanol–water partition coefficient (Wildman–Crippen LogP) is -6.27. The first-order chi connectivity index (χ1) is 65.9. The molecule has 0 saturated carbocycles. The Hall–Kier alpha value is -14.8. The average molecular weight is 1990 g/mol. The highest BCUT2D eigenvalue weighted by Crippen LogP contribution is 2.19. The zero-order valence-corrected chi connectivity index (χ0v) is 80.7. The van der Waals surface area contributed by atoms with Gasteiger partial charge in [0.05, 0.1) is 32.2 Å². The third kappa shape index (κ3) is 46.0. The Bertz CT molecular complexity index is 4730. The average Bonchev–Trinajstić information content (AvgIpc) is 0.846. The number of aliphatic carboxylic acids is 5. The first kappa shape index (κ1) is 122. The Morgan fingerprint density at radius 1 is 0.262 bits per heavy atom. The van der Waals surface area contributed by atoms with Gasteiger partial charge in [-0.05, 0) is 85.2 Å². The van der Waals surface area contributed by atoms with Crippen molar-refractivity contribution >= 4 is 148 Å². The van der Waals surface area contributed by atoms with Gasteiger partial charge in [0.1, 0.15) is 96.7 Å². The van der Waals surface area contributed by atoms with Crippen LogP contribution in [0.2, 0.25) is 0 Å². The van der Waals surface area contributed by atoms with Crippen LogP contribution in [0.25, 0.3) is 0 Å². The van der Waals surface area contributed by atoms with Crippen LogP contribution in [0, 0.1) is 35.5 Å². The van der Waals surface area contributed by atoms with Crippen LogP contribution in [0.4, 0.5) is 0 Å². The van der Waals surface area contributed by atoms with Gasteiger partial charge in [0, 0.05) is 38.5 Å². The molecular weight excluding hydrogens is 1860 g/mol. The quantitative estimate of drug-likeness (QED) is 0.0293. The Balaban J connectivity index is 2.64. The molecule has 0 aliphatic rings. The predicted molar refractivity (Wildman–Crippen MR) is 498 cm³/mol. The third-order valence-corrected chi connectivity index (χ3v) is 22.1. The minimum absolute atomic E-state index is 0.0348. The van der Waals surface area contributed by atoms with Crippen LogP contribution in [-0.2, 0) is 133 Å². The van der Waals surface area contributed by atoms with E-state index < -0.39 is 364 Å². The van der Waals surface area contributed by atoms with E-state index in [-0.39, 0.29) is 38.0 Å². The summed E-state index contributed by atoms with van der Waals surface area (Å²) in [5.41, 5.74) is 28.2. The van der Waals surface area contributed by atoms with Gasteiger partial charge >= 0.3 is 29.8 Å². The Kier molecular flexibility index (Phi) is 53.3. The van der Waals surface area contributed by atoms with Gasteiger partial charge in [-0.25, -0.2) is 4.79 Å². The second-order valence-corrected chi connectivity index (χ2v) is 35.6. The number of hydrogen-bond acceptors (Lipinski definition) is 26. The van der Waals surface area contributed by atoms with Crippen molar-refractivity contribution in [3.63, 3.8) is 0 Å². The summed E-state index contributed by atoms with van der Waals surface area (Å²) >= 11 is 0. The molecule has 2 aromatic rings. The molecule has 0 aliphatic heterocycles. The molecule has 0 fully saturated rings. The fourth-order valence-corrected chi connectivity index (χ4v) is 14.0. The fourth-order valence-electron chi connectivity index (χ4n) is 14.0. The molecule has 51 heteroatoms. The first-order valence-electron chi connectivity index (χ1n) is 45.8. The van der Waals surface area contributed by atoms with E-state index in [2.05, 4.69) is 85.1 Å². The minimum atomic E-state index is -2.24. The maximum Gasteiger partial charge on any atom is 0.326 e. The van der Waals surface area contributed by atoms with E-state index in [1.165, 1.54) is 72.7 Å². The van der Waals surface area contributed by atoms with Crippen LogP contribution in [0.15, 0.2) is 60.7 Å². The monoisotopic (exact) mass is 1990 g/mol. The van der Waals surface area contributed by atoms with Crippen molar-refractivity contribution in [1.29, 1.82) is 0 Å². The Labute approximate surface area is 812 Å². The van der Waals surface area contributed by atoms with Crippen molar-refractivity contribution in [1.82, 2.24) is 85.1 Å². The van der Waals surface area contributed by atoms with Crippen molar-refractivity contribution in [2.45, 2.75) is 295 Å². The molecule has 0 spiro atoms. The largest absolute Gasteiger partial charge is 0.481 e. The lowest BCUT2D eigenvalue weighted by Gasteiger charge is -2.31. The molecule has 18 atom stereocenters. The van der Waals surface area contributed by atoms with Gasteiger partial charge < -0.3 is 139 Å². The van der Waals surface area contributed by atoms with E-state index in [1.54, 1.807) is 71.0 Å². The van der Waals surface area contributed by atoms with Crippen molar-refractivity contribution in [3.05, 3.63) is 71.8 Å². The van der Waals surface area contributed by atoms with Crippen LogP contribution >= 0.6 is 0 Å². The smallest absolute Gasteiger partial charge is 0.326 e. The van der Waals surface area contributed by atoms with Gasteiger partial charge in [-0.15, -0.1) is 0 Å². The summed E-state index contributed by atoms with van der Waals surface area (Å²) in [4.78, 5) is 339. The molecule has 2 aromatic carbocycles. The zero-order chi connectivity index (χ0) is 107. The molecule has 0 bridgehead atoms. The van der Waals surface area contributed by atoms with Crippen LogP contribution in [0.5, 0.6) is 0 Å². The molecule has 0 aliphatic carbocycles.